The number of carbonyl (C=O) groups excluding carboxylic acids is 1. The standard InChI is InChI=1S/C20H25NO5/c1-4-25-20(22)16-9-11-26-19(16)13-21-10-5-6-17(21)15-8-7-14(23-2)12-18(15)24-3/h7-9,11-12,17H,4-6,10,13H2,1-3H3. The number of hydrogen-bond acceptors (Lipinski definition) is 6. The average molecular weight is 359 g/mol. The Balaban J connectivity index is 1.82. The Labute approximate surface area is 153 Å². The predicted octanol–water partition coefficient (Wildman–Crippen LogP) is 3.81. The number of methoxy groups -OCH3 is 2. The van der Waals surface area contributed by atoms with Crippen molar-refractivity contribution in [2.75, 3.05) is 27.4 Å². The number of esters is 1. The maximum absolute atomic E-state index is 12.1. The maximum Gasteiger partial charge on any atom is 0.341 e. The molecule has 1 unspecified atom stereocenters. The quantitative estimate of drug-likeness (QED) is 0.701. The molecule has 2 heterocycles. The number of ether oxygens (including phenoxy) is 3. The summed E-state index contributed by atoms with van der Waals surface area (Å²) in [5, 5.41) is 0. The van der Waals surface area contributed by atoms with E-state index in [2.05, 4.69) is 11.0 Å². The van der Waals surface area contributed by atoms with E-state index in [-0.39, 0.29) is 12.0 Å². The topological polar surface area (TPSA) is 61.1 Å². The minimum atomic E-state index is -0.339. The molecule has 0 bridgehead atoms. The Bertz CT molecular complexity index is 754. The number of nitrogens with zero attached hydrogens (tertiary/aromatic N) is 1. The zero-order valence-corrected chi connectivity index (χ0v) is 15.5. The normalized spacial score (nSPS) is 17.3. The van der Waals surface area contributed by atoms with Gasteiger partial charge < -0.3 is 18.6 Å². The van der Waals surface area contributed by atoms with Gasteiger partial charge in [-0.3, -0.25) is 4.90 Å². The van der Waals surface area contributed by atoms with E-state index < -0.39 is 0 Å². The number of carbonyl (C=O) groups is 1. The molecule has 0 spiro atoms. The lowest BCUT2D eigenvalue weighted by Gasteiger charge is -2.25. The van der Waals surface area contributed by atoms with Crippen molar-refractivity contribution in [2.24, 2.45) is 0 Å². The van der Waals surface area contributed by atoms with Gasteiger partial charge in [-0.2, -0.15) is 0 Å². The molecule has 1 aliphatic heterocycles. The highest BCUT2D eigenvalue weighted by Crippen LogP contribution is 2.39. The molecule has 1 atom stereocenters. The van der Waals surface area contributed by atoms with E-state index in [1.807, 2.05) is 12.1 Å². The summed E-state index contributed by atoms with van der Waals surface area (Å²) in [5.74, 6) is 1.88. The minimum Gasteiger partial charge on any atom is -0.497 e. The first-order chi connectivity index (χ1) is 12.7. The Hall–Kier alpha value is -2.47. The molecule has 0 amide bonds. The summed E-state index contributed by atoms with van der Waals surface area (Å²) in [6.45, 7) is 3.63. The maximum atomic E-state index is 12.1. The minimum absolute atomic E-state index is 0.205. The summed E-state index contributed by atoms with van der Waals surface area (Å²) in [4.78, 5) is 14.4. The number of hydrogen-bond donors (Lipinski definition) is 0. The zero-order valence-electron chi connectivity index (χ0n) is 15.5. The summed E-state index contributed by atoms with van der Waals surface area (Å²) >= 11 is 0. The van der Waals surface area contributed by atoms with E-state index in [1.165, 1.54) is 0 Å². The van der Waals surface area contributed by atoms with Crippen LogP contribution in [0.15, 0.2) is 34.9 Å². The highest BCUT2D eigenvalue weighted by atomic mass is 16.5. The van der Waals surface area contributed by atoms with Crippen molar-refractivity contribution >= 4 is 5.97 Å². The van der Waals surface area contributed by atoms with Gasteiger partial charge in [-0.25, -0.2) is 4.79 Å². The van der Waals surface area contributed by atoms with Crippen LogP contribution in [0.5, 0.6) is 11.5 Å². The van der Waals surface area contributed by atoms with Crippen LogP contribution in [-0.4, -0.2) is 38.2 Å². The molecule has 26 heavy (non-hydrogen) atoms. The predicted molar refractivity (Wildman–Crippen MR) is 96.6 cm³/mol. The molecular weight excluding hydrogens is 334 g/mol. The van der Waals surface area contributed by atoms with E-state index in [9.17, 15) is 4.79 Å². The van der Waals surface area contributed by atoms with Gasteiger partial charge in [-0.1, -0.05) is 6.07 Å². The fourth-order valence-corrected chi connectivity index (χ4v) is 3.50. The van der Waals surface area contributed by atoms with Crippen LogP contribution in [-0.2, 0) is 11.3 Å². The fourth-order valence-electron chi connectivity index (χ4n) is 3.50. The average Bonchev–Trinajstić information content (AvgIpc) is 3.31. The van der Waals surface area contributed by atoms with Crippen LogP contribution in [0.1, 0.15) is 47.5 Å². The van der Waals surface area contributed by atoms with E-state index in [0.29, 0.717) is 24.5 Å². The Morgan fingerprint density at radius 1 is 1.27 bits per heavy atom. The fraction of sp³-hybridized carbons (Fsp3) is 0.450. The molecule has 0 N–H and O–H groups in total. The van der Waals surface area contributed by atoms with Crippen molar-refractivity contribution in [3.8, 4) is 11.5 Å². The Morgan fingerprint density at radius 3 is 2.85 bits per heavy atom. The summed E-state index contributed by atoms with van der Waals surface area (Å²) in [6, 6.07) is 7.78. The molecule has 1 aromatic carbocycles. The van der Waals surface area contributed by atoms with Crippen LogP contribution in [0.25, 0.3) is 0 Å². The lowest BCUT2D eigenvalue weighted by Crippen LogP contribution is -2.24. The third-order valence-electron chi connectivity index (χ3n) is 4.75. The van der Waals surface area contributed by atoms with E-state index in [4.69, 9.17) is 18.6 Å². The van der Waals surface area contributed by atoms with Gasteiger partial charge in [0.2, 0.25) is 0 Å². The highest BCUT2D eigenvalue weighted by molar-refractivity contribution is 5.90. The second kappa shape index (κ2) is 8.27. The molecular formula is C20H25NO5. The molecule has 2 aromatic rings. The largest absolute Gasteiger partial charge is 0.497 e. The zero-order chi connectivity index (χ0) is 18.5. The lowest BCUT2D eigenvalue weighted by molar-refractivity contribution is 0.0521. The molecule has 6 nitrogen and oxygen atoms in total. The molecule has 140 valence electrons. The van der Waals surface area contributed by atoms with Gasteiger partial charge in [-0.05, 0) is 38.4 Å². The molecule has 0 aliphatic carbocycles. The van der Waals surface area contributed by atoms with Crippen LogP contribution in [0, 0.1) is 0 Å². The first-order valence-electron chi connectivity index (χ1n) is 8.87. The second-order valence-corrected chi connectivity index (χ2v) is 6.21. The Morgan fingerprint density at radius 2 is 2.12 bits per heavy atom. The third kappa shape index (κ3) is 3.70. The van der Waals surface area contributed by atoms with Crippen LogP contribution in [0.3, 0.4) is 0 Å². The monoisotopic (exact) mass is 359 g/mol. The smallest absolute Gasteiger partial charge is 0.341 e. The first kappa shape index (κ1) is 18.3. The van der Waals surface area contributed by atoms with E-state index in [0.717, 1.165) is 36.4 Å². The van der Waals surface area contributed by atoms with Crippen molar-refractivity contribution < 1.29 is 23.4 Å². The third-order valence-corrected chi connectivity index (χ3v) is 4.75. The Kier molecular flexibility index (Phi) is 5.83. The van der Waals surface area contributed by atoms with E-state index >= 15 is 0 Å². The van der Waals surface area contributed by atoms with Crippen molar-refractivity contribution in [1.29, 1.82) is 0 Å². The van der Waals surface area contributed by atoms with Crippen molar-refractivity contribution in [1.82, 2.24) is 4.90 Å². The molecule has 0 saturated carbocycles. The highest BCUT2D eigenvalue weighted by Gasteiger charge is 2.30. The number of likely N-dealkylation sites (tertiary alicyclic amines) is 1. The molecule has 1 fully saturated rings. The SMILES string of the molecule is CCOC(=O)c1ccoc1CN1CCCC1c1ccc(OC)cc1OC. The van der Waals surface area contributed by atoms with Crippen LogP contribution in [0.2, 0.25) is 0 Å². The van der Waals surface area contributed by atoms with Gasteiger partial charge in [0.15, 0.2) is 0 Å². The molecule has 1 aliphatic rings. The molecule has 1 saturated heterocycles. The summed E-state index contributed by atoms with van der Waals surface area (Å²) in [6.07, 6.45) is 3.65. The molecule has 1 aromatic heterocycles. The number of rotatable bonds is 7. The van der Waals surface area contributed by atoms with Gasteiger partial charge >= 0.3 is 5.97 Å². The lowest BCUT2D eigenvalue weighted by atomic mass is 10.0. The first-order valence-corrected chi connectivity index (χ1v) is 8.87. The second-order valence-electron chi connectivity index (χ2n) is 6.21. The summed E-state index contributed by atoms with van der Waals surface area (Å²) in [5.41, 5.74) is 1.62. The van der Waals surface area contributed by atoms with Gasteiger partial charge in [0, 0.05) is 17.7 Å². The van der Waals surface area contributed by atoms with Gasteiger partial charge in [0.05, 0.1) is 33.6 Å². The number of furan rings is 1. The summed E-state index contributed by atoms with van der Waals surface area (Å²) in [7, 11) is 3.31. The van der Waals surface area contributed by atoms with Gasteiger partial charge in [-0.15, -0.1) is 0 Å². The van der Waals surface area contributed by atoms with Crippen LogP contribution >= 0.6 is 0 Å². The van der Waals surface area contributed by atoms with Crippen molar-refractivity contribution in [3.05, 3.63) is 47.4 Å². The molecule has 6 heteroatoms. The van der Waals surface area contributed by atoms with Crippen LogP contribution in [0.4, 0.5) is 0 Å². The number of benzene rings is 1. The molecule has 3 rings (SSSR count). The molecule has 0 radical (unpaired) electrons. The van der Waals surface area contributed by atoms with Gasteiger partial charge in [0.1, 0.15) is 22.8 Å². The summed E-state index contributed by atoms with van der Waals surface area (Å²) < 4.78 is 21.6. The van der Waals surface area contributed by atoms with Gasteiger partial charge in [0.25, 0.3) is 0 Å². The van der Waals surface area contributed by atoms with Crippen molar-refractivity contribution in [3.63, 3.8) is 0 Å². The van der Waals surface area contributed by atoms with Crippen molar-refractivity contribution in [2.45, 2.75) is 32.4 Å². The van der Waals surface area contributed by atoms with Crippen LogP contribution < -0.4 is 9.47 Å². The van der Waals surface area contributed by atoms with E-state index in [1.54, 1.807) is 33.5 Å².